The molecule has 1 aliphatic rings. The van der Waals surface area contributed by atoms with Crippen molar-refractivity contribution in [1.82, 2.24) is 4.57 Å². The van der Waals surface area contributed by atoms with Crippen LogP contribution in [-0.4, -0.2) is 15.6 Å². The number of carbonyl (C=O) groups is 1. The van der Waals surface area contributed by atoms with Crippen LogP contribution in [0.3, 0.4) is 0 Å². The van der Waals surface area contributed by atoms with Crippen molar-refractivity contribution in [1.29, 1.82) is 0 Å². The molecule has 0 radical (unpaired) electrons. The summed E-state index contributed by atoms with van der Waals surface area (Å²) in [6, 6.07) is 3.47. The van der Waals surface area contributed by atoms with Crippen molar-refractivity contribution in [2.45, 2.75) is 39.2 Å². The lowest BCUT2D eigenvalue weighted by Gasteiger charge is -2.24. The summed E-state index contributed by atoms with van der Waals surface area (Å²) in [5, 5.41) is 8.99. The molecule has 1 aliphatic carbocycles. The van der Waals surface area contributed by atoms with E-state index in [-0.39, 0.29) is 0 Å². The molecule has 1 heterocycles. The third-order valence-corrected chi connectivity index (χ3v) is 3.41. The summed E-state index contributed by atoms with van der Waals surface area (Å²) >= 11 is 0. The summed E-state index contributed by atoms with van der Waals surface area (Å²) in [5.74, 6) is -0.832. The van der Waals surface area contributed by atoms with Crippen molar-refractivity contribution in [2.75, 3.05) is 0 Å². The smallest absolute Gasteiger partial charge is 0.352 e. The van der Waals surface area contributed by atoms with E-state index in [4.69, 9.17) is 5.11 Å². The van der Waals surface area contributed by atoms with Crippen LogP contribution in [0, 0.1) is 5.41 Å². The van der Waals surface area contributed by atoms with Gasteiger partial charge in [0.2, 0.25) is 0 Å². The van der Waals surface area contributed by atoms with Crippen LogP contribution < -0.4 is 0 Å². The lowest BCUT2D eigenvalue weighted by molar-refractivity contribution is 0.0682. The second-order valence-electron chi connectivity index (χ2n) is 4.84. The quantitative estimate of drug-likeness (QED) is 0.828. The molecule has 0 bridgehead atoms. The molecule has 0 aromatic carbocycles. The molecule has 0 aliphatic heterocycles. The Bertz CT molecular complexity index is 361. The first-order chi connectivity index (χ1) is 7.11. The van der Waals surface area contributed by atoms with E-state index in [0.717, 1.165) is 6.54 Å². The van der Waals surface area contributed by atoms with Gasteiger partial charge in [-0.15, -0.1) is 0 Å². The van der Waals surface area contributed by atoms with E-state index < -0.39 is 5.97 Å². The van der Waals surface area contributed by atoms with Gasteiger partial charge in [0.25, 0.3) is 0 Å². The van der Waals surface area contributed by atoms with Crippen molar-refractivity contribution < 1.29 is 9.90 Å². The fourth-order valence-corrected chi connectivity index (χ4v) is 2.54. The molecule has 1 fully saturated rings. The molecule has 15 heavy (non-hydrogen) atoms. The Morgan fingerprint density at radius 2 is 2.20 bits per heavy atom. The summed E-state index contributed by atoms with van der Waals surface area (Å²) in [4.78, 5) is 10.9. The van der Waals surface area contributed by atoms with Crippen molar-refractivity contribution in [3.8, 4) is 0 Å². The number of rotatable bonds is 3. The first-order valence-corrected chi connectivity index (χ1v) is 5.49. The molecule has 82 valence electrons. The van der Waals surface area contributed by atoms with Crippen LogP contribution in [0.1, 0.15) is 43.1 Å². The average Bonchev–Trinajstić information content (AvgIpc) is 2.75. The predicted molar refractivity (Wildman–Crippen MR) is 58.0 cm³/mol. The SMILES string of the molecule is CC1(Cn2cccc2C(=O)O)CCCC1. The first kappa shape index (κ1) is 10.3. The van der Waals surface area contributed by atoms with Gasteiger partial charge in [-0.05, 0) is 30.4 Å². The maximum Gasteiger partial charge on any atom is 0.352 e. The Balaban J connectivity index is 2.16. The highest BCUT2D eigenvalue weighted by molar-refractivity contribution is 5.85. The summed E-state index contributed by atoms with van der Waals surface area (Å²) in [5.41, 5.74) is 0.701. The summed E-state index contributed by atoms with van der Waals surface area (Å²) in [6.45, 7) is 3.09. The maximum absolute atomic E-state index is 10.9. The van der Waals surface area contributed by atoms with Crippen molar-refractivity contribution in [3.63, 3.8) is 0 Å². The number of aromatic nitrogens is 1. The van der Waals surface area contributed by atoms with Crippen molar-refractivity contribution >= 4 is 5.97 Å². The molecule has 1 N–H and O–H groups in total. The van der Waals surface area contributed by atoms with E-state index in [1.54, 1.807) is 6.07 Å². The van der Waals surface area contributed by atoms with E-state index in [0.29, 0.717) is 11.1 Å². The summed E-state index contributed by atoms with van der Waals surface area (Å²) in [7, 11) is 0. The van der Waals surface area contributed by atoms with E-state index in [1.807, 2.05) is 16.8 Å². The van der Waals surface area contributed by atoms with Gasteiger partial charge in [0.05, 0.1) is 0 Å². The number of hydrogen-bond donors (Lipinski definition) is 1. The number of nitrogens with zero attached hydrogens (tertiary/aromatic N) is 1. The molecule has 1 aromatic heterocycles. The molecule has 1 saturated carbocycles. The molecular weight excluding hydrogens is 190 g/mol. The monoisotopic (exact) mass is 207 g/mol. The number of carboxylic acids is 1. The Hall–Kier alpha value is -1.25. The Morgan fingerprint density at radius 3 is 2.80 bits per heavy atom. The minimum atomic E-state index is -0.832. The van der Waals surface area contributed by atoms with Gasteiger partial charge in [-0.1, -0.05) is 19.8 Å². The molecule has 3 nitrogen and oxygen atoms in total. The second-order valence-corrected chi connectivity index (χ2v) is 4.84. The van der Waals surface area contributed by atoms with Gasteiger partial charge in [0.15, 0.2) is 0 Å². The van der Waals surface area contributed by atoms with E-state index in [2.05, 4.69) is 6.92 Å². The zero-order chi connectivity index (χ0) is 10.9. The fourth-order valence-electron chi connectivity index (χ4n) is 2.54. The maximum atomic E-state index is 10.9. The minimum Gasteiger partial charge on any atom is -0.477 e. The van der Waals surface area contributed by atoms with Crippen LogP contribution >= 0.6 is 0 Å². The third kappa shape index (κ3) is 2.06. The largest absolute Gasteiger partial charge is 0.477 e. The lowest BCUT2D eigenvalue weighted by Crippen LogP contribution is -2.21. The van der Waals surface area contributed by atoms with Gasteiger partial charge >= 0.3 is 5.97 Å². The van der Waals surface area contributed by atoms with E-state index in [9.17, 15) is 4.79 Å². The Morgan fingerprint density at radius 1 is 1.53 bits per heavy atom. The predicted octanol–water partition coefficient (Wildman–Crippen LogP) is 2.77. The van der Waals surface area contributed by atoms with Gasteiger partial charge in [-0.2, -0.15) is 0 Å². The zero-order valence-corrected chi connectivity index (χ0v) is 9.07. The van der Waals surface area contributed by atoms with E-state index in [1.165, 1.54) is 25.7 Å². The van der Waals surface area contributed by atoms with Gasteiger partial charge in [-0.3, -0.25) is 0 Å². The van der Waals surface area contributed by atoms with Gasteiger partial charge in [0.1, 0.15) is 5.69 Å². The van der Waals surface area contributed by atoms with E-state index >= 15 is 0 Å². The number of aromatic carboxylic acids is 1. The molecule has 3 heteroatoms. The second kappa shape index (κ2) is 3.72. The van der Waals surface area contributed by atoms with Crippen LogP contribution in [0.5, 0.6) is 0 Å². The van der Waals surface area contributed by atoms with Gasteiger partial charge in [0, 0.05) is 12.7 Å². The van der Waals surface area contributed by atoms with Gasteiger partial charge in [-0.25, -0.2) is 4.79 Å². The van der Waals surface area contributed by atoms with Crippen LogP contribution in [0.25, 0.3) is 0 Å². The minimum absolute atomic E-state index is 0.295. The first-order valence-electron chi connectivity index (χ1n) is 5.49. The highest BCUT2D eigenvalue weighted by Gasteiger charge is 2.29. The molecule has 1 aromatic rings. The molecule has 2 rings (SSSR count). The van der Waals surface area contributed by atoms with Crippen LogP contribution in [0.15, 0.2) is 18.3 Å². The van der Waals surface area contributed by atoms with Crippen molar-refractivity contribution in [2.24, 2.45) is 5.41 Å². The number of carboxylic acid groups (broad SMARTS) is 1. The Labute approximate surface area is 89.7 Å². The molecule has 0 saturated heterocycles. The van der Waals surface area contributed by atoms with Crippen LogP contribution in [0.2, 0.25) is 0 Å². The van der Waals surface area contributed by atoms with Crippen LogP contribution in [0.4, 0.5) is 0 Å². The Kier molecular flexibility index (Phi) is 2.55. The molecule has 0 atom stereocenters. The summed E-state index contributed by atoms with van der Waals surface area (Å²) in [6.07, 6.45) is 6.85. The van der Waals surface area contributed by atoms with Crippen LogP contribution in [-0.2, 0) is 6.54 Å². The average molecular weight is 207 g/mol. The summed E-state index contributed by atoms with van der Waals surface area (Å²) < 4.78 is 1.87. The normalized spacial score (nSPS) is 19.3. The lowest BCUT2D eigenvalue weighted by atomic mass is 9.89. The fraction of sp³-hybridized carbons (Fsp3) is 0.583. The standard InChI is InChI=1S/C12H17NO2/c1-12(6-2-3-7-12)9-13-8-4-5-10(13)11(14)15/h4-5,8H,2-3,6-7,9H2,1H3,(H,14,15). The zero-order valence-electron chi connectivity index (χ0n) is 9.07. The molecule has 0 unspecified atom stereocenters. The topological polar surface area (TPSA) is 42.2 Å². The third-order valence-electron chi connectivity index (χ3n) is 3.41. The highest BCUT2D eigenvalue weighted by Crippen LogP contribution is 2.39. The highest BCUT2D eigenvalue weighted by atomic mass is 16.4. The van der Waals surface area contributed by atoms with Crippen molar-refractivity contribution in [3.05, 3.63) is 24.0 Å². The molecule has 0 amide bonds. The van der Waals surface area contributed by atoms with Gasteiger partial charge < -0.3 is 9.67 Å². The number of hydrogen-bond acceptors (Lipinski definition) is 1. The molecular formula is C12H17NO2. The molecule has 0 spiro atoms.